The van der Waals surface area contributed by atoms with Gasteiger partial charge in [-0.3, -0.25) is 4.98 Å². The van der Waals surface area contributed by atoms with E-state index in [0.717, 1.165) is 23.6 Å². The number of benzene rings is 1. The molecular formula is C16H18N4. The highest BCUT2D eigenvalue weighted by Crippen LogP contribution is 2.19. The number of nitrogens with zero attached hydrogens (tertiary/aromatic N) is 3. The van der Waals surface area contributed by atoms with Gasteiger partial charge >= 0.3 is 0 Å². The molecule has 0 radical (unpaired) electrons. The lowest BCUT2D eigenvalue weighted by atomic mass is 10.1. The molecule has 0 spiro atoms. The average Bonchev–Trinajstić information content (AvgIpc) is 2.85. The van der Waals surface area contributed by atoms with Crippen LogP contribution in [0.2, 0.25) is 0 Å². The monoisotopic (exact) mass is 266 g/mol. The van der Waals surface area contributed by atoms with E-state index in [9.17, 15) is 0 Å². The molecule has 0 aliphatic carbocycles. The predicted molar refractivity (Wildman–Crippen MR) is 80.3 cm³/mol. The molecule has 0 bridgehead atoms. The summed E-state index contributed by atoms with van der Waals surface area (Å²) in [7, 11) is 0. The minimum atomic E-state index is -0.127. The van der Waals surface area contributed by atoms with Gasteiger partial charge in [-0.25, -0.2) is 4.98 Å². The van der Waals surface area contributed by atoms with Gasteiger partial charge in [0.2, 0.25) is 0 Å². The van der Waals surface area contributed by atoms with E-state index in [2.05, 4.69) is 22.5 Å². The van der Waals surface area contributed by atoms with E-state index in [-0.39, 0.29) is 6.04 Å². The maximum atomic E-state index is 6.26. The smallest absolute Gasteiger partial charge is 0.111 e. The lowest BCUT2D eigenvalue weighted by Gasteiger charge is -2.12. The molecule has 1 unspecified atom stereocenters. The van der Waals surface area contributed by atoms with Crippen LogP contribution in [0.1, 0.15) is 24.5 Å². The Hall–Kier alpha value is -2.20. The van der Waals surface area contributed by atoms with Crippen molar-refractivity contribution in [1.82, 2.24) is 14.5 Å². The average molecular weight is 266 g/mol. The number of imidazole rings is 1. The maximum absolute atomic E-state index is 6.26. The summed E-state index contributed by atoms with van der Waals surface area (Å²) in [5.41, 5.74) is 9.35. The third-order valence-corrected chi connectivity index (χ3v) is 3.52. The van der Waals surface area contributed by atoms with Gasteiger partial charge in [-0.05, 0) is 31.2 Å². The van der Waals surface area contributed by atoms with Gasteiger partial charge < -0.3 is 10.3 Å². The van der Waals surface area contributed by atoms with E-state index >= 15 is 0 Å². The number of pyridine rings is 1. The highest BCUT2D eigenvalue weighted by Gasteiger charge is 2.14. The summed E-state index contributed by atoms with van der Waals surface area (Å²) in [6.45, 7) is 3.02. The summed E-state index contributed by atoms with van der Waals surface area (Å²) in [4.78, 5) is 9.03. The molecule has 2 heterocycles. The van der Waals surface area contributed by atoms with Crippen molar-refractivity contribution < 1.29 is 0 Å². The fourth-order valence-corrected chi connectivity index (χ4v) is 2.53. The summed E-state index contributed by atoms with van der Waals surface area (Å²) in [6.07, 6.45) is 2.47. The molecule has 3 aromatic rings. The first kappa shape index (κ1) is 12.8. The van der Waals surface area contributed by atoms with Crippen LogP contribution in [-0.4, -0.2) is 14.5 Å². The van der Waals surface area contributed by atoms with Crippen molar-refractivity contribution in [3.8, 4) is 0 Å². The molecule has 0 saturated carbocycles. The van der Waals surface area contributed by atoms with Crippen LogP contribution in [-0.2, 0) is 13.0 Å². The van der Waals surface area contributed by atoms with E-state index < -0.39 is 0 Å². The summed E-state index contributed by atoms with van der Waals surface area (Å²) in [6, 6.07) is 13.9. The maximum Gasteiger partial charge on any atom is 0.111 e. The second-order valence-corrected chi connectivity index (χ2v) is 4.83. The lowest BCUT2D eigenvalue weighted by molar-refractivity contribution is 0.625. The Morgan fingerprint density at radius 3 is 2.70 bits per heavy atom. The number of nitrogens with two attached hydrogens (primary N) is 1. The zero-order valence-electron chi connectivity index (χ0n) is 11.5. The first-order valence-electron chi connectivity index (χ1n) is 6.90. The van der Waals surface area contributed by atoms with E-state index in [1.807, 2.05) is 36.4 Å². The highest BCUT2D eigenvalue weighted by molar-refractivity contribution is 5.75. The molecule has 102 valence electrons. The van der Waals surface area contributed by atoms with Crippen LogP contribution in [0.15, 0.2) is 48.7 Å². The van der Waals surface area contributed by atoms with E-state index in [1.54, 1.807) is 6.20 Å². The molecule has 0 fully saturated rings. The molecule has 2 aromatic heterocycles. The van der Waals surface area contributed by atoms with E-state index in [4.69, 9.17) is 10.7 Å². The molecule has 2 N–H and O–H groups in total. The number of para-hydroxylation sites is 2. The van der Waals surface area contributed by atoms with Crippen molar-refractivity contribution in [2.45, 2.75) is 25.9 Å². The Bertz CT molecular complexity index is 703. The third-order valence-electron chi connectivity index (χ3n) is 3.52. The molecule has 0 amide bonds. The van der Waals surface area contributed by atoms with Crippen molar-refractivity contribution >= 4 is 11.0 Å². The van der Waals surface area contributed by atoms with Crippen LogP contribution in [0.25, 0.3) is 11.0 Å². The standard InChI is InChI=1S/C16H18N4/c1-2-20-15-9-4-3-8-14(15)19-16(20)11-12(17)13-7-5-6-10-18-13/h3-10,12H,2,11,17H2,1H3. The number of aromatic nitrogens is 3. The first-order valence-corrected chi connectivity index (χ1v) is 6.90. The van der Waals surface area contributed by atoms with Gasteiger partial charge in [0.25, 0.3) is 0 Å². The highest BCUT2D eigenvalue weighted by atomic mass is 15.1. The fraction of sp³-hybridized carbons (Fsp3) is 0.250. The summed E-state index contributed by atoms with van der Waals surface area (Å²) >= 11 is 0. The van der Waals surface area contributed by atoms with Crippen LogP contribution in [0.5, 0.6) is 0 Å². The SMILES string of the molecule is CCn1c(CC(N)c2ccccn2)nc2ccccc21. The molecule has 3 rings (SSSR count). The number of aryl methyl sites for hydroxylation is 1. The van der Waals surface area contributed by atoms with E-state index in [1.165, 1.54) is 5.52 Å². The van der Waals surface area contributed by atoms with Crippen molar-refractivity contribution in [2.75, 3.05) is 0 Å². The summed E-state index contributed by atoms with van der Waals surface area (Å²) < 4.78 is 2.22. The predicted octanol–water partition coefficient (Wildman–Crippen LogP) is 2.69. The molecule has 4 heteroatoms. The molecule has 0 aliphatic rings. The number of rotatable bonds is 4. The van der Waals surface area contributed by atoms with Crippen LogP contribution in [0.4, 0.5) is 0 Å². The van der Waals surface area contributed by atoms with Crippen LogP contribution < -0.4 is 5.73 Å². The molecule has 4 nitrogen and oxygen atoms in total. The van der Waals surface area contributed by atoms with Crippen LogP contribution in [0, 0.1) is 0 Å². The minimum Gasteiger partial charge on any atom is -0.328 e. The third kappa shape index (κ3) is 2.30. The van der Waals surface area contributed by atoms with Crippen molar-refractivity contribution in [1.29, 1.82) is 0 Å². The zero-order chi connectivity index (χ0) is 13.9. The Kier molecular flexibility index (Phi) is 3.48. The number of hydrogen-bond acceptors (Lipinski definition) is 3. The molecule has 0 aliphatic heterocycles. The van der Waals surface area contributed by atoms with Gasteiger partial charge in [0.05, 0.1) is 22.8 Å². The minimum absolute atomic E-state index is 0.127. The molecule has 1 atom stereocenters. The Morgan fingerprint density at radius 2 is 1.95 bits per heavy atom. The largest absolute Gasteiger partial charge is 0.328 e. The second-order valence-electron chi connectivity index (χ2n) is 4.83. The van der Waals surface area contributed by atoms with Gasteiger partial charge in [-0.1, -0.05) is 18.2 Å². The van der Waals surface area contributed by atoms with Crippen molar-refractivity contribution in [2.24, 2.45) is 5.73 Å². The quantitative estimate of drug-likeness (QED) is 0.790. The first-order chi connectivity index (χ1) is 9.79. The van der Waals surface area contributed by atoms with Gasteiger partial charge in [0, 0.05) is 19.2 Å². The Labute approximate surface area is 118 Å². The van der Waals surface area contributed by atoms with E-state index in [0.29, 0.717) is 6.42 Å². The Balaban J connectivity index is 1.94. The summed E-state index contributed by atoms with van der Waals surface area (Å²) in [5, 5.41) is 0. The molecular weight excluding hydrogens is 248 g/mol. The fourth-order valence-electron chi connectivity index (χ4n) is 2.53. The van der Waals surface area contributed by atoms with Gasteiger partial charge in [-0.2, -0.15) is 0 Å². The van der Waals surface area contributed by atoms with Gasteiger partial charge in [0.15, 0.2) is 0 Å². The molecule has 20 heavy (non-hydrogen) atoms. The topological polar surface area (TPSA) is 56.7 Å². The van der Waals surface area contributed by atoms with Crippen LogP contribution in [0.3, 0.4) is 0 Å². The zero-order valence-corrected chi connectivity index (χ0v) is 11.5. The van der Waals surface area contributed by atoms with Crippen LogP contribution >= 0.6 is 0 Å². The number of fused-ring (bicyclic) bond motifs is 1. The van der Waals surface area contributed by atoms with Crippen molar-refractivity contribution in [3.05, 3.63) is 60.2 Å². The lowest BCUT2D eigenvalue weighted by Crippen LogP contribution is -2.17. The Morgan fingerprint density at radius 1 is 1.15 bits per heavy atom. The summed E-state index contributed by atoms with van der Waals surface area (Å²) in [5.74, 6) is 1.02. The number of hydrogen-bond donors (Lipinski definition) is 1. The molecule has 0 saturated heterocycles. The normalized spacial score (nSPS) is 12.7. The van der Waals surface area contributed by atoms with Crippen molar-refractivity contribution in [3.63, 3.8) is 0 Å². The van der Waals surface area contributed by atoms with Gasteiger partial charge in [-0.15, -0.1) is 0 Å². The van der Waals surface area contributed by atoms with Gasteiger partial charge in [0.1, 0.15) is 5.82 Å². The second kappa shape index (κ2) is 5.43. The molecule has 1 aromatic carbocycles.